The van der Waals surface area contributed by atoms with Gasteiger partial charge in [-0.2, -0.15) is 18.9 Å². The first kappa shape index (κ1) is 26.4. The molecule has 2 fully saturated rings. The summed E-state index contributed by atoms with van der Waals surface area (Å²) in [5.41, 5.74) is 1.39. The van der Waals surface area contributed by atoms with Gasteiger partial charge >= 0.3 is 5.92 Å². The fourth-order valence-corrected chi connectivity index (χ4v) is 5.81. The van der Waals surface area contributed by atoms with E-state index in [2.05, 4.69) is 37.6 Å². The summed E-state index contributed by atoms with van der Waals surface area (Å²) in [7, 11) is 3.60. The second-order valence-corrected chi connectivity index (χ2v) is 10.8. The van der Waals surface area contributed by atoms with Crippen molar-refractivity contribution in [2.45, 2.75) is 56.5 Å². The number of anilines is 3. The highest BCUT2D eigenvalue weighted by atomic mass is 19.3. The van der Waals surface area contributed by atoms with Crippen molar-refractivity contribution >= 4 is 23.4 Å². The first-order valence-corrected chi connectivity index (χ1v) is 13.7. The number of piperidine rings is 1. The van der Waals surface area contributed by atoms with Crippen molar-refractivity contribution in [1.29, 1.82) is 0 Å². The van der Waals surface area contributed by atoms with Crippen molar-refractivity contribution in [2.24, 2.45) is 0 Å². The number of hydrogen-bond acceptors (Lipinski definition) is 9. The van der Waals surface area contributed by atoms with Crippen LogP contribution < -0.4 is 20.3 Å². The minimum atomic E-state index is -3.21. The van der Waals surface area contributed by atoms with E-state index in [-0.39, 0.29) is 23.9 Å². The van der Waals surface area contributed by atoms with E-state index in [0.717, 1.165) is 62.6 Å². The van der Waals surface area contributed by atoms with Gasteiger partial charge in [0.2, 0.25) is 11.8 Å². The highest BCUT2D eigenvalue weighted by molar-refractivity contribution is 5.95. The summed E-state index contributed by atoms with van der Waals surface area (Å²) < 4.78 is 37.3. The minimum absolute atomic E-state index is 0.0612. The maximum atomic E-state index is 15.3. The third-order valence-electron chi connectivity index (χ3n) is 8.02. The Morgan fingerprint density at radius 1 is 1.12 bits per heavy atom. The summed E-state index contributed by atoms with van der Waals surface area (Å²) in [6.07, 6.45) is 8.02. The van der Waals surface area contributed by atoms with E-state index in [9.17, 15) is 4.79 Å². The number of halogens is 2. The van der Waals surface area contributed by atoms with Gasteiger partial charge in [-0.25, -0.2) is 14.6 Å². The highest BCUT2D eigenvalue weighted by Gasteiger charge is 2.45. The SMILES string of the molecule is COc1cc(C(=O)NC2CCN(C)CC2)ccc1Nc1ncc2c(n1)N(C1CCCC1)CC(F)(F)c1ncnn1-2. The molecule has 3 aliphatic rings. The molecule has 0 atom stereocenters. The molecule has 1 aliphatic carbocycles. The summed E-state index contributed by atoms with van der Waals surface area (Å²) >= 11 is 0. The van der Waals surface area contributed by atoms with Gasteiger partial charge in [0.15, 0.2) is 5.82 Å². The molecule has 11 nitrogen and oxygen atoms in total. The van der Waals surface area contributed by atoms with E-state index in [1.54, 1.807) is 23.1 Å². The monoisotopic (exact) mass is 553 g/mol. The number of hydrogen-bond donors (Lipinski definition) is 2. The zero-order chi connectivity index (χ0) is 27.9. The van der Waals surface area contributed by atoms with Crippen LogP contribution in [0.15, 0.2) is 30.7 Å². The quantitative estimate of drug-likeness (QED) is 0.474. The largest absolute Gasteiger partial charge is 0.495 e. The maximum Gasteiger partial charge on any atom is 0.323 e. The van der Waals surface area contributed by atoms with Crippen molar-refractivity contribution in [3.8, 4) is 11.4 Å². The third kappa shape index (κ3) is 5.05. The van der Waals surface area contributed by atoms with Crippen LogP contribution in [0, 0.1) is 0 Å². The Bertz CT molecular complexity index is 1380. The van der Waals surface area contributed by atoms with E-state index in [0.29, 0.717) is 28.5 Å². The number of likely N-dealkylation sites (tertiary alicyclic amines) is 1. The summed E-state index contributed by atoms with van der Waals surface area (Å²) in [5.74, 6) is -2.75. The Morgan fingerprint density at radius 3 is 2.65 bits per heavy atom. The zero-order valence-electron chi connectivity index (χ0n) is 22.6. The molecule has 40 heavy (non-hydrogen) atoms. The van der Waals surface area contributed by atoms with Gasteiger partial charge in [-0.3, -0.25) is 4.79 Å². The number of benzene rings is 1. The molecule has 2 N–H and O–H groups in total. The van der Waals surface area contributed by atoms with Crippen LogP contribution in [0.3, 0.4) is 0 Å². The molecule has 6 rings (SSSR count). The van der Waals surface area contributed by atoms with Gasteiger partial charge in [0, 0.05) is 17.6 Å². The number of carbonyl (C=O) groups excluding carboxylic acids is 1. The Kier molecular flexibility index (Phi) is 6.99. The molecule has 2 aromatic heterocycles. The van der Waals surface area contributed by atoms with E-state index in [1.165, 1.54) is 13.3 Å². The van der Waals surface area contributed by atoms with Crippen molar-refractivity contribution in [3.05, 3.63) is 42.1 Å². The summed E-state index contributed by atoms with van der Waals surface area (Å²) in [6.45, 7) is 1.36. The average molecular weight is 554 g/mol. The summed E-state index contributed by atoms with van der Waals surface area (Å²) in [5, 5.41) is 10.3. The number of fused-ring (bicyclic) bond motifs is 3. The Labute approximate surface area is 230 Å². The molecule has 1 amide bonds. The first-order chi connectivity index (χ1) is 19.3. The number of amides is 1. The number of rotatable bonds is 6. The van der Waals surface area contributed by atoms with Crippen molar-refractivity contribution in [3.63, 3.8) is 0 Å². The lowest BCUT2D eigenvalue weighted by atomic mass is 10.0. The van der Waals surface area contributed by atoms with E-state index in [4.69, 9.17) is 9.72 Å². The fraction of sp³-hybridized carbons (Fsp3) is 0.519. The highest BCUT2D eigenvalue weighted by Crippen LogP contribution is 2.40. The van der Waals surface area contributed by atoms with Crippen molar-refractivity contribution < 1.29 is 18.3 Å². The molecular weight excluding hydrogens is 520 g/mol. The standard InChI is InChI=1S/C27H33F2N9O2/c1-36-11-9-18(10-12-36)33-24(39)17-7-8-20(22(13-17)40-2)34-26-30-14-21-23(35-26)37(19-5-3-4-6-19)15-27(28,29)25-31-16-32-38(21)25/h7-8,13-14,16,18-19H,3-6,9-12,15H2,1-2H3,(H,33,39)(H,30,34,35). The second kappa shape index (κ2) is 10.6. The normalized spacial score (nSPS) is 19.6. The lowest BCUT2D eigenvalue weighted by Crippen LogP contribution is -2.43. The van der Waals surface area contributed by atoms with Crippen molar-refractivity contribution in [2.75, 3.05) is 44.0 Å². The van der Waals surface area contributed by atoms with E-state index < -0.39 is 18.3 Å². The van der Waals surface area contributed by atoms with Crippen LogP contribution in [0.25, 0.3) is 5.69 Å². The molecular formula is C27H33F2N9O2. The lowest BCUT2D eigenvalue weighted by molar-refractivity contribution is -0.00768. The second-order valence-electron chi connectivity index (χ2n) is 10.8. The summed E-state index contributed by atoms with van der Waals surface area (Å²) in [4.78, 5) is 29.8. The van der Waals surface area contributed by atoms with Crippen LogP contribution >= 0.6 is 0 Å². The molecule has 2 aliphatic heterocycles. The topological polar surface area (TPSA) is 113 Å². The summed E-state index contributed by atoms with van der Waals surface area (Å²) in [6, 6.07) is 5.19. The molecule has 3 aromatic rings. The smallest absolute Gasteiger partial charge is 0.323 e. The molecule has 0 unspecified atom stereocenters. The zero-order valence-corrected chi connectivity index (χ0v) is 22.6. The third-order valence-corrected chi connectivity index (χ3v) is 8.02. The van der Waals surface area contributed by atoms with Crippen LogP contribution in [0.2, 0.25) is 0 Å². The molecule has 0 spiro atoms. The molecule has 4 heterocycles. The van der Waals surface area contributed by atoms with Crippen LogP contribution in [0.4, 0.5) is 26.2 Å². The Morgan fingerprint density at radius 2 is 1.90 bits per heavy atom. The number of carbonyl (C=O) groups is 1. The number of methoxy groups -OCH3 is 1. The number of ether oxygens (including phenoxy) is 1. The molecule has 1 saturated heterocycles. The molecule has 13 heteroatoms. The van der Waals surface area contributed by atoms with Crippen LogP contribution in [-0.4, -0.2) is 81.4 Å². The molecule has 0 bridgehead atoms. The molecule has 1 aromatic carbocycles. The fourth-order valence-electron chi connectivity index (χ4n) is 5.81. The van der Waals surface area contributed by atoms with E-state index >= 15 is 8.78 Å². The van der Waals surface area contributed by atoms with Crippen LogP contribution in [0.5, 0.6) is 5.75 Å². The van der Waals surface area contributed by atoms with Crippen LogP contribution in [0.1, 0.15) is 54.7 Å². The van der Waals surface area contributed by atoms with Gasteiger partial charge in [0.05, 0.1) is 25.5 Å². The predicted molar refractivity (Wildman–Crippen MR) is 145 cm³/mol. The number of alkyl halides is 2. The van der Waals surface area contributed by atoms with Crippen LogP contribution in [-0.2, 0) is 5.92 Å². The predicted octanol–water partition coefficient (Wildman–Crippen LogP) is 3.49. The van der Waals surface area contributed by atoms with Gasteiger partial charge in [-0.1, -0.05) is 12.8 Å². The van der Waals surface area contributed by atoms with Gasteiger partial charge in [-0.05, 0) is 64.0 Å². The molecule has 1 saturated carbocycles. The number of nitrogens with one attached hydrogen (secondary N) is 2. The van der Waals surface area contributed by atoms with Gasteiger partial charge in [-0.15, -0.1) is 0 Å². The Hall–Kier alpha value is -3.87. The number of nitrogens with zero attached hydrogens (tertiary/aromatic N) is 7. The van der Waals surface area contributed by atoms with Gasteiger partial charge < -0.3 is 25.2 Å². The Balaban J connectivity index is 1.27. The molecule has 212 valence electrons. The number of aromatic nitrogens is 5. The lowest BCUT2D eigenvalue weighted by Gasteiger charge is -2.31. The minimum Gasteiger partial charge on any atom is -0.495 e. The van der Waals surface area contributed by atoms with Gasteiger partial charge in [0.25, 0.3) is 5.91 Å². The molecule has 0 radical (unpaired) electrons. The van der Waals surface area contributed by atoms with E-state index in [1.807, 2.05) is 0 Å². The average Bonchev–Trinajstić information content (AvgIpc) is 3.65. The van der Waals surface area contributed by atoms with Crippen molar-refractivity contribution in [1.82, 2.24) is 34.9 Å². The first-order valence-electron chi connectivity index (χ1n) is 13.7. The van der Waals surface area contributed by atoms with Gasteiger partial charge in [0.1, 0.15) is 17.8 Å². The maximum absolute atomic E-state index is 15.3.